The second kappa shape index (κ2) is 13.5. The third kappa shape index (κ3) is 6.83. The average Bonchev–Trinajstić information content (AvgIpc) is 3.78. The molecule has 2 aliphatic rings. The first-order valence-electron chi connectivity index (χ1n) is 13.1. The van der Waals surface area contributed by atoms with Crippen LogP contribution >= 0.6 is 11.8 Å². The van der Waals surface area contributed by atoms with E-state index >= 15 is 4.39 Å². The normalized spacial score (nSPS) is 15.8. The van der Waals surface area contributed by atoms with E-state index in [0.717, 1.165) is 48.0 Å². The second-order valence-corrected chi connectivity index (χ2v) is 10.4. The van der Waals surface area contributed by atoms with Gasteiger partial charge in [0.25, 0.3) is 0 Å². The molecule has 1 heterocycles. The van der Waals surface area contributed by atoms with E-state index in [9.17, 15) is 15.0 Å². The number of allylic oxidation sites excluding steroid dienone is 1. The molecule has 11 heteroatoms. The maximum absolute atomic E-state index is 15.8. The van der Waals surface area contributed by atoms with Gasteiger partial charge in [0.15, 0.2) is 11.5 Å². The van der Waals surface area contributed by atoms with Crippen molar-refractivity contribution >= 4 is 35.4 Å². The monoisotopic (exact) mass is 567 g/mol. The van der Waals surface area contributed by atoms with E-state index in [4.69, 9.17) is 9.83 Å². The van der Waals surface area contributed by atoms with Crippen LogP contribution in [-0.4, -0.2) is 66.0 Å². The lowest BCUT2D eigenvalue weighted by Gasteiger charge is -2.19. The Kier molecular flexibility index (Phi) is 9.84. The molecule has 2 aromatic carbocycles. The highest BCUT2D eigenvalue weighted by atomic mass is 32.2. The van der Waals surface area contributed by atoms with Gasteiger partial charge in [-0.2, -0.15) is 0 Å². The highest BCUT2D eigenvalue weighted by Crippen LogP contribution is 2.47. The van der Waals surface area contributed by atoms with Crippen molar-refractivity contribution in [3.05, 3.63) is 70.9 Å². The van der Waals surface area contributed by atoms with Crippen LogP contribution in [0.15, 0.2) is 74.8 Å². The Morgan fingerprint density at radius 3 is 2.60 bits per heavy atom. The van der Waals surface area contributed by atoms with Gasteiger partial charge in [-0.05, 0) is 74.9 Å². The van der Waals surface area contributed by atoms with Crippen molar-refractivity contribution in [1.82, 2.24) is 15.5 Å². The minimum Gasteiger partial charge on any atom is -0.507 e. The Labute approximate surface area is 237 Å². The molecule has 40 heavy (non-hydrogen) atoms. The Balaban J connectivity index is 1.83. The first-order chi connectivity index (χ1) is 19.4. The molecule has 4 rings (SSSR count). The smallest absolute Gasteiger partial charge is 0.240 e. The van der Waals surface area contributed by atoms with E-state index in [1.807, 2.05) is 25.4 Å². The van der Waals surface area contributed by atoms with Crippen LogP contribution in [0, 0.1) is 0 Å². The fourth-order valence-corrected chi connectivity index (χ4v) is 5.00. The van der Waals surface area contributed by atoms with Gasteiger partial charge in [0.2, 0.25) is 12.3 Å². The summed E-state index contributed by atoms with van der Waals surface area (Å²) in [7, 11) is 2.02. The second-order valence-electron chi connectivity index (χ2n) is 9.56. The molecule has 9 nitrogen and oxygen atoms in total. The summed E-state index contributed by atoms with van der Waals surface area (Å²) in [5.41, 5.74) is 1.33. The molecule has 0 atom stereocenters. The van der Waals surface area contributed by atoms with E-state index in [-0.39, 0.29) is 34.4 Å². The van der Waals surface area contributed by atoms with Crippen LogP contribution in [0.3, 0.4) is 0 Å². The van der Waals surface area contributed by atoms with E-state index in [2.05, 4.69) is 33.7 Å². The van der Waals surface area contributed by atoms with Gasteiger partial charge in [0, 0.05) is 18.0 Å². The summed E-state index contributed by atoms with van der Waals surface area (Å²) in [5, 5.41) is 30.3. The van der Waals surface area contributed by atoms with Crippen molar-refractivity contribution < 1.29 is 24.2 Å². The number of carbonyl (C=O) groups is 1. The van der Waals surface area contributed by atoms with Crippen LogP contribution in [0.4, 0.5) is 10.1 Å². The number of carbonyl (C=O) groups excluding carboxylic acids is 1. The minimum atomic E-state index is -0.896. The quantitative estimate of drug-likeness (QED) is 0.125. The molecular formula is C29H34FN5O4S. The largest absolute Gasteiger partial charge is 0.507 e. The molecule has 1 aliphatic carbocycles. The molecule has 1 fully saturated rings. The zero-order valence-corrected chi connectivity index (χ0v) is 23.6. The number of thioether (sulfide) groups is 1. The Bertz CT molecular complexity index is 1350. The van der Waals surface area contributed by atoms with Crippen molar-refractivity contribution in [2.24, 2.45) is 10.1 Å². The third-order valence-electron chi connectivity index (χ3n) is 6.55. The summed E-state index contributed by atoms with van der Waals surface area (Å²) in [6, 6.07) is 10.1. The summed E-state index contributed by atoms with van der Waals surface area (Å²) in [4.78, 5) is 25.2. The van der Waals surface area contributed by atoms with Crippen molar-refractivity contribution in [2.75, 3.05) is 32.9 Å². The molecule has 0 unspecified atom stereocenters. The highest BCUT2D eigenvalue weighted by molar-refractivity contribution is 7.98. The minimum absolute atomic E-state index is 0.119. The van der Waals surface area contributed by atoms with Gasteiger partial charge in [0.1, 0.15) is 17.3 Å². The number of likely N-dealkylation sites (N-methyl/N-ethyl adjacent to an activating group) is 1. The molecular weight excluding hydrogens is 533 g/mol. The van der Waals surface area contributed by atoms with Gasteiger partial charge >= 0.3 is 0 Å². The molecule has 0 aromatic heterocycles. The number of hydrogen-bond donors (Lipinski definition) is 4. The number of benzene rings is 2. The molecule has 2 aromatic rings. The number of phenols is 2. The number of phenolic OH excluding ortho intramolecular Hbond substituents is 2. The Morgan fingerprint density at radius 1 is 1.23 bits per heavy atom. The van der Waals surface area contributed by atoms with Crippen molar-refractivity contribution in [3.8, 4) is 11.5 Å². The molecule has 0 bridgehead atoms. The number of oxime groups is 1. The lowest BCUT2D eigenvalue weighted by Crippen LogP contribution is -2.35. The van der Waals surface area contributed by atoms with Crippen LogP contribution in [-0.2, 0) is 9.63 Å². The third-order valence-corrected chi connectivity index (χ3v) is 7.32. The number of para-hydroxylation sites is 1. The molecule has 0 spiro atoms. The molecule has 1 saturated carbocycles. The number of rotatable bonds is 12. The summed E-state index contributed by atoms with van der Waals surface area (Å²) in [5.74, 6) is -1.13. The lowest BCUT2D eigenvalue weighted by atomic mass is 10.0. The standard InChI is InChI=1S/C29H34FN5O4S/c1-4-14-35(2)15-13-31-28(33-26-19(18-11-12-18)7-5-10-24(26)40-3)20-16-21(30)27(34-39-29(20)32-17-36)25-22(37)8-6-9-23(25)38/h5-10,16-18,37-38H,4,11-15H2,1-3H3,(H,31,33)(H,32,36). The van der Waals surface area contributed by atoms with E-state index in [1.165, 1.54) is 18.2 Å². The van der Waals surface area contributed by atoms with Gasteiger partial charge in [-0.25, -0.2) is 9.38 Å². The van der Waals surface area contributed by atoms with Crippen molar-refractivity contribution in [2.45, 2.75) is 37.0 Å². The lowest BCUT2D eigenvalue weighted by molar-refractivity contribution is -0.109. The van der Waals surface area contributed by atoms with E-state index < -0.39 is 11.5 Å². The van der Waals surface area contributed by atoms with Gasteiger partial charge in [0.05, 0.1) is 16.8 Å². The summed E-state index contributed by atoms with van der Waals surface area (Å²) in [6.07, 6.45) is 6.66. The number of amidine groups is 1. The van der Waals surface area contributed by atoms with Gasteiger partial charge < -0.3 is 25.3 Å². The molecule has 4 N–H and O–H groups in total. The fraction of sp³-hybridized carbons (Fsp3) is 0.345. The predicted octanol–water partition coefficient (Wildman–Crippen LogP) is 4.90. The van der Waals surface area contributed by atoms with Crippen molar-refractivity contribution in [3.63, 3.8) is 0 Å². The highest BCUT2D eigenvalue weighted by Gasteiger charge is 2.29. The number of nitrogens with zero attached hydrogens (tertiary/aromatic N) is 3. The molecule has 0 saturated heterocycles. The maximum atomic E-state index is 15.8. The average molecular weight is 568 g/mol. The number of hydrogen-bond acceptors (Lipinski definition) is 8. The van der Waals surface area contributed by atoms with Gasteiger partial charge in [-0.1, -0.05) is 30.3 Å². The number of aliphatic imine (C=N–C) groups is 1. The summed E-state index contributed by atoms with van der Waals surface area (Å²) in [6.45, 7) is 4.19. The van der Waals surface area contributed by atoms with Crippen LogP contribution in [0.25, 0.3) is 0 Å². The number of halogens is 1. The number of amides is 1. The fourth-order valence-electron chi connectivity index (χ4n) is 4.43. The molecule has 0 radical (unpaired) electrons. The summed E-state index contributed by atoms with van der Waals surface area (Å²) >= 11 is 1.57. The van der Waals surface area contributed by atoms with E-state index in [0.29, 0.717) is 25.4 Å². The first-order valence-corrected chi connectivity index (χ1v) is 14.4. The van der Waals surface area contributed by atoms with E-state index in [1.54, 1.807) is 11.8 Å². The van der Waals surface area contributed by atoms with Gasteiger partial charge in [-0.15, -0.1) is 11.8 Å². The van der Waals surface area contributed by atoms with Crippen LogP contribution < -0.4 is 10.6 Å². The predicted molar refractivity (Wildman–Crippen MR) is 156 cm³/mol. The zero-order valence-electron chi connectivity index (χ0n) is 22.8. The Morgan fingerprint density at radius 2 is 1.95 bits per heavy atom. The van der Waals surface area contributed by atoms with Crippen LogP contribution in [0.5, 0.6) is 11.5 Å². The van der Waals surface area contributed by atoms with Crippen LogP contribution in [0.1, 0.15) is 43.2 Å². The zero-order chi connectivity index (χ0) is 28.6. The number of aromatic hydroxyl groups is 2. The molecule has 1 amide bonds. The SMILES string of the molecule is CCCN(C)CCN/C(=N/c1c(SC)cccc1C1CC1)C1=C(NC=O)ON=C(c2c(O)cccc2O)C(F)=C1. The topological polar surface area (TPSA) is 119 Å². The summed E-state index contributed by atoms with van der Waals surface area (Å²) < 4.78 is 15.8. The first kappa shape index (κ1) is 29.2. The number of nitrogens with one attached hydrogen (secondary N) is 2. The van der Waals surface area contributed by atoms with Crippen molar-refractivity contribution in [1.29, 1.82) is 0 Å². The van der Waals surface area contributed by atoms with Crippen LogP contribution in [0.2, 0.25) is 0 Å². The molecule has 212 valence electrons. The molecule has 1 aliphatic heterocycles. The Hall–Kier alpha value is -3.83. The maximum Gasteiger partial charge on any atom is 0.240 e. The van der Waals surface area contributed by atoms with Gasteiger partial charge in [-0.3, -0.25) is 10.1 Å².